The van der Waals surface area contributed by atoms with Crippen LogP contribution in [0.5, 0.6) is 11.5 Å². The minimum absolute atomic E-state index is 0.00109. The van der Waals surface area contributed by atoms with Crippen LogP contribution in [-0.2, 0) is 6.61 Å². The minimum Gasteiger partial charge on any atom is -0.496 e. The third-order valence-electron chi connectivity index (χ3n) is 5.33. The van der Waals surface area contributed by atoms with E-state index in [2.05, 4.69) is 5.32 Å². The van der Waals surface area contributed by atoms with Gasteiger partial charge in [-0.3, -0.25) is 4.79 Å². The Morgan fingerprint density at radius 2 is 1.81 bits per heavy atom. The van der Waals surface area contributed by atoms with E-state index in [4.69, 9.17) is 9.47 Å². The Bertz CT molecular complexity index is 1090. The van der Waals surface area contributed by atoms with Gasteiger partial charge >= 0.3 is 0 Å². The molecule has 0 saturated carbocycles. The first kappa shape index (κ1) is 20.7. The molecule has 0 aromatic heterocycles. The maximum atomic E-state index is 14.0. The van der Waals surface area contributed by atoms with Crippen LogP contribution >= 0.6 is 0 Å². The fourth-order valence-electron chi connectivity index (χ4n) is 3.83. The second-order valence-electron chi connectivity index (χ2n) is 7.38. The highest BCUT2D eigenvalue weighted by Gasteiger charge is 2.32. The Morgan fingerprint density at radius 3 is 2.58 bits per heavy atom. The van der Waals surface area contributed by atoms with Crippen LogP contribution in [0.3, 0.4) is 0 Å². The van der Waals surface area contributed by atoms with Crippen molar-refractivity contribution in [3.63, 3.8) is 0 Å². The molecule has 1 atom stereocenters. The van der Waals surface area contributed by atoms with E-state index >= 15 is 0 Å². The fraction of sp³-hybridized carbons (Fsp3) is 0.240. The van der Waals surface area contributed by atoms with Crippen molar-refractivity contribution in [3.8, 4) is 11.5 Å². The molecule has 0 unspecified atom stereocenters. The number of nitrogens with zero attached hydrogens (tertiary/aromatic N) is 1. The van der Waals surface area contributed by atoms with E-state index in [-0.39, 0.29) is 24.4 Å². The Hall–Kier alpha value is -3.54. The maximum absolute atomic E-state index is 14.0. The fourth-order valence-corrected chi connectivity index (χ4v) is 3.83. The van der Waals surface area contributed by atoms with Gasteiger partial charge < -0.3 is 19.7 Å². The van der Waals surface area contributed by atoms with Gasteiger partial charge in [0.1, 0.15) is 18.5 Å². The molecule has 0 spiro atoms. The zero-order chi connectivity index (χ0) is 21.8. The van der Waals surface area contributed by atoms with Crippen molar-refractivity contribution < 1.29 is 18.7 Å². The number of carbonyl (C=O) groups excluding carboxylic acids is 1. The van der Waals surface area contributed by atoms with Gasteiger partial charge in [-0.15, -0.1) is 0 Å². The second-order valence-corrected chi connectivity index (χ2v) is 7.38. The first-order valence-electron chi connectivity index (χ1n) is 10.3. The van der Waals surface area contributed by atoms with Gasteiger partial charge in [0.25, 0.3) is 5.91 Å². The Kier molecular flexibility index (Phi) is 6.07. The highest BCUT2D eigenvalue weighted by atomic mass is 19.1. The van der Waals surface area contributed by atoms with Crippen molar-refractivity contribution in [3.05, 3.63) is 89.2 Å². The van der Waals surface area contributed by atoms with Gasteiger partial charge in [0.15, 0.2) is 11.6 Å². The van der Waals surface area contributed by atoms with Gasteiger partial charge in [0, 0.05) is 17.8 Å². The first-order valence-corrected chi connectivity index (χ1v) is 10.3. The smallest absolute Gasteiger partial charge is 0.257 e. The largest absolute Gasteiger partial charge is 0.496 e. The summed E-state index contributed by atoms with van der Waals surface area (Å²) in [6.07, 6.45) is 0.520. The van der Waals surface area contributed by atoms with Crippen LogP contribution in [-0.4, -0.2) is 24.5 Å². The molecule has 1 aliphatic heterocycles. The maximum Gasteiger partial charge on any atom is 0.257 e. The summed E-state index contributed by atoms with van der Waals surface area (Å²) in [5.74, 6) is 0.413. The summed E-state index contributed by atoms with van der Waals surface area (Å²) in [5, 5.41) is 3.49. The number of carbonyl (C=O) groups is 1. The highest BCUT2D eigenvalue weighted by Crippen LogP contribution is 2.35. The quantitative estimate of drug-likeness (QED) is 0.557. The van der Waals surface area contributed by atoms with Crippen molar-refractivity contribution in [1.82, 2.24) is 4.90 Å². The summed E-state index contributed by atoms with van der Waals surface area (Å²) >= 11 is 0. The summed E-state index contributed by atoms with van der Waals surface area (Å²) in [5.41, 5.74) is 3.16. The van der Waals surface area contributed by atoms with Crippen molar-refractivity contribution in [1.29, 1.82) is 0 Å². The van der Waals surface area contributed by atoms with Crippen molar-refractivity contribution in [2.75, 3.05) is 19.0 Å². The Morgan fingerprint density at radius 1 is 1.03 bits per heavy atom. The van der Waals surface area contributed by atoms with Crippen LogP contribution in [0.4, 0.5) is 10.1 Å². The number of methoxy groups -OCH3 is 1. The molecule has 31 heavy (non-hydrogen) atoms. The number of hydrogen-bond acceptors (Lipinski definition) is 4. The van der Waals surface area contributed by atoms with Crippen LogP contribution < -0.4 is 14.8 Å². The lowest BCUT2D eigenvalue weighted by Crippen LogP contribution is -2.43. The molecule has 4 rings (SSSR count). The third-order valence-corrected chi connectivity index (χ3v) is 5.33. The van der Waals surface area contributed by atoms with E-state index in [9.17, 15) is 9.18 Å². The van der Waals surface area contributed by atoms with E-state index < -0.39 is 5.82 Å². The molecule has 0 bridgehead atoms. The van der Waals surface area contributed by atoms with E-state index in [0.29, 0.717) is 17.9 Å². The van der Waals surface area contributed by atoms with Crippen LogP contribution in [0.1, 0.15) is 41.0 Å². The van der Waals surface area contributed by atoms with E-state index in [1.54, 1.807) is 25.3 Å². The first-order chi connectivity index (χ1) is 15.1. The molecule has 3 aromatic rings. The molecule has 5 nitrogen and oxygen atoms in total. The van der Waals surface area contributed by atoms with Crippen LogP contribution in [0.2, 0.25) is 0 Å². The number of hydrogen-bond donors (Lipinski definition) is 1. The van der Waals surface area contributed by atoms with Gasteiger partial charge in [-0.1, -0.05) is 37.3 Å². The van der Waals surface area contributed by atoms with Gasteiger partial charge in [-0.05, 0) is 48.4 Å². The highest BCUT2D eigenvalue weighted by molar-refractivity contribution is 6.01. The average Bonchev–Trinajstić information content (AvgIpc) is 2.80. The van der Waals surface area contributed by atoms with Gasteiger partial charge in [0.05, 0.1) is 12.7 Å². The molecule has 3 aromatic carbocycles. The summed E-state index contributed by atoms with van der Waals surface area (Å²) in [7, 11) is 1.59. The number of halogens is 1. The van der Waals surface area contributed by atoms with E-state index in [0.717, 1.165) is 23.2 Å². The van der Waals surface area contributed by atoms with Crippen LogP contribution in [0.15, 0.2) is 66.7 Å². The standard InChI is InChI=1S/C25H25FN2O3/c1-3-14-28-24(27-21-10-6-4-8-19(21)25(28)29)17-12-13-22(30-2)18(15-17)16-31-23-11-7-5-9-20(23)26/h4-13,15,24,27H,3,14,16H2,1-2H3/t24-/m1/s1. The lowest BCUT2D eigenvalue weighted by molar-refractivity contribution is 0.0683. The number of nitrogens with one attached hydrogen (secondary N) is 1. The number of benzene rings is 3. The molecular formula is C25H25FN2O3. The molecule has 1 aliphatic rings. The molecule has 1 heterocycles. The molecule has 0 saturated heterocycles. The number of rotatable bonds is 7. The van der Waals surface area contributed by atoms with Gasteiger partial charge in [-0.25, -0.2) is 4.39 Å². The molecule has 0 aliphatic carbocycles. The number of anilines is 1. The normalized spacial score (nSPS) is 15.3. The van der Waals surface area contributed by atoms with E-state index in [1.165, 1.54) is 6.07 Å². The predicted molar refractivity (Wildman–Crippen MR) is 118 cm³/mol. The zero-order valence-electron chi connectivity index (χ0n) is 17.6. The Labute approximate surface area is 181 Å². The van der Waals surface area contributed by atoms with Gasteiger partial charge in [-0.2, -0.15) is 0 Å². The number of para-hydroxylation sites is 2. The lowest BCUT2D eigenvalue weighted by Gasteiger charge is -2.38. The molecule has 0 radical (unpaired) electrons. The Balaban J connectivity index is 1.66. The van der Waals surface area contributed by atoms with Crippen molar-refractivity contribution in [2.45, 2.75) is 26.1 Å². The molecule has 160 valence electrons. The summed E-state index contributed by atoms with van der Waals surface area (Å²) in [4.78, 5) is 15.0. The molecule has 0 fully saturated rings. The van der Waals surface area contributed by atoms with Crippen LogP contribution in [0, 0.1) is 5.82 Å². The minimum atomic E-state index is -0.414. The second kappa shape index (κ2) is 9.08. The SMILES string of the molecule is CCCN1C(=O)c2ccccc2N[C@H]1c1ccc(OC)c(COc2ccccc2F)c1. The summed E-state index contributed by atoms with van der Waals surface area (Å²) < 4.78 is 25.1. The average molecular weight is 420 g/mol. The molecule has 1 N–H and O–H groups in total. The van der Waals surface area contributed by atoms with Crippen molar-refractivity contribution >= 4 is 11.6 Å². The summed E-state index contributed by atoms with van der Waals surface area (Å²) in [6, 6.07) is 19.6. The topological polar surface area (TPSA) is 50.8 Å². The number of fused-ring (bicyclic) bond motifs is 1. The third kappa shape index (κ3) is 4.19. The van der Waals surface area contributed by atoms with Crippen molar-refractivity contribution in [2.24, 2.45) is 0 Å². The number of ether oxygens (including phenoxy) is 2. The van der Waals surface area contributed by atoms with Crippen LogP contribution in [0.25, 0.3) is 0 Å². The van der Waals surface area contributed by atoms with E-state index in [1.807, 2.05) is 54.3 Å². The predicted octanol–water partition coefficient (Wildman–Crippen LogP) is 5.39. The molecular weight excluding hydrogens is 395 g/mol. The lowest BCUT2D eigenvalue weighted by atomic mass is 10.0. The zero-order valence-corrected chi connectivity index (χ0v) is 17.6. The molecule has 1 amide bonds. The molecule has 6 heteroatoms. The van der Waals surface area contributed by atoms with Gasteiger partial charge in [0.2, 0.25) is 0 Å². The number of amides is 1. The monoisotopic (exact) mass is 420 g/mol. The summed E-state index contributed by atoms with van der Waals surface area (Å²) in [6.45, 7) is 2.81.